The molecule has 0 spiro atoms. The highest BCUT2D eigenvalue weighted by Gasteiger charge is 2.36. The second-order valence-corrected chi connectivity index (χ2v) is 13.8. The van der Waals surface area contributed by atoms with Crippen molar-refractivity contribution in [1.29, 1.82) is 0 Å². The van der Waals surface area contributed by atoms with Crippen LogP contribution in [0.1, 0.15) is 61.5 Å². The Labute approximate surface area is 279 Å². The van der Waals surface area contributed by atoms with Gasteiger partial charge >= 0.3 is 5.97 Å². The average Bonchev–Trinajstić information content (AvgIpc) is 3.59. The molecule has 0 bridgehead atoms. The minimum Gasteiger partial charge on any atom is -0.489 e. The molecule has 2 amide bonds. The van der Waals surface area contributed by atoms with E-state index in [-0.39, 0.29) is 31.4 Å². The Morgan fingerprint density at radius 1 is 1.15 bits per heavy atom. The van der Waals surface area contributed by atoms with Crippen molar-refractivity contribution >= 4 is 46.2 Å². The Bertz CT molecular complexity index is 1670. The summed E-state index contributed by atoms with van der Waals surface area (Å²) in [6.45, 7) is 10.7. The fourth-order valence-corrected chi connectivity index (χ4v) is 6.68. The van der Waals surface area contributed by atoms with E-state index in [1.54, 1.807) is 32.9 Å². The lowest BCUT2D eigenvalue weighted by Gasteiger charge is -2.26. The van der Waals surface area contributed by atoms with E-state index in [4.69, 9.17) is 36.5 Å². The van der Waals surface area contributed by atoms with Gasteiger partial charge < -0.3 is 29.7 Å². The molecule has 47 heavy (non-hydrogen) atoms. The van der Waals surface area contributed by atoms with Gasteiger partial charge in [0.1, 0.15) is 23.5 Å². The number of fused-ring (bicyclic) bond motifs is 2. The van der Waals surface area contributed by atoms with Crippen LogP contribution in [0.4, 0.5) is 5.95 Å². The normalized spacial score (nSPS) is 19.2. The van der Waals surface area contributed by atoms with Gasteiger partial charge in [-0.15, -0.1) is 0 Å². The van der Waals surface area contributed by atoms with Crippen molar-refractivity contribution < 1.29 is 28.6 Å². The van der Waals surface area contributed by atoms with Crippen LogP contribution in [0.5, 0.6) is 5.75 Å². The second-order valence-electron chi connectivity index (χ2n) is 13.3. The summed E-state index contributed by atoms with van der Waals surface area (Å²) in [4.78, 5) is 53.0. The molecule has 0 saturated carbocycles. The largest absolute Gasteiger partial charge is 0.489 e. The molecule has 13 heteroatoms. The maximum Gasteiger partial charge on any atom is 0.306 e. The topological polar surface area (TPSA) is 140 Å². The summed E-state index contributed by atoms with van der Waals surface area (Å²) in [6.07, 6.45) is 2.74. The summed E-state index contributed by atoms with van der Waals surface area (Å²) in [5.41, 5.74) is 8.12. The van der Waals surface area contributed by atoms with Gasteiger partial charge in [0.15, 0.2) is 0 Å². The lowest BCUT2D eigenvalue weighted by atomic mass is 10.1. The predicted octanol–water partition coefficient (Wildman–Crippen LogP) is 3.70. The molecule has 0 aliphatic carbocycles. The van der Waals surface area contributed by atoms with Gasteiger partial charge in [0.25, 0.3) is 5.91 Å². The van der Waals surface area contributed by atoms with E-state index in [0.717, 1.165) is 54.6 Å². The number of halogens is 1. The van der Waals surface area contributed by atoms with Crippen LogP contribution in [-0.2, 0) is 32.2 Å². The maximum absolute atomic E-state index is 13.2. The predicted molar refractivity (Wildman–Crippen MR) is 176 cm³/mol. The van der Waals surface area contributed by atoms with Gasteiger partial charge in [0.05, 0.1) is 23.8 Å². The number of anilines is 1. The number of ether oxygens (including phenoxy) is 3. The van der Waals surface area contributed by atoms with Crippen molar-refractivity contribution in [2.45, 2.75) is 70.9 Å². The van der Waals surface area contributed by atoms with Crippen LogP contribution in [0.2, 0.25) is 5.02 Å². The third kappa shape index (κ3) is 7.77. The summed E-state index contributed by atoms with van der Waals surface area (Å²) < 4.78 is 17.1. The summed E-state index contributed by atoms with van der Waals surface area (Å²) in [5.74, 6) is -0.0513. The molecular weight excluding hydrogens is 624 g/mol. The van der Waals surface area contributed by atoms with Crippen LogP contribution in [0.3, 0.4) is 0 Å². The lowest BCUT2D eigenvalue weighted by molar-refractivity contribution is -0.155. The van der Waals surface area contributed by atoms with E-state index in [9.17, 15) is 14.4 Å². The first kappa shape index (κ1) is 32.9. The standard InChI is InChI=1S/C34H41ClN6O6/c1-34(2,3)47-29(42)7-6-28(31(36)43)41-19-23-16-24(4-5-26(23)32(41)44)46-25-8-9-39(20-25)18-21-14-22-17-37-33(38-30(22)27(35)15-21)40-10-12-45-13-11-40/h4-5,14-17,25,28H,6-13,18-20H2,1-3H3,(H2,36,43)/t25-,28-/m0/s1. The molecule has 2 fully saturated rings. The molecule has 6 rings (SSSR count). The lowest BCUT2D eigenvalue weighted by Crippen LogP contribution is -2.45. The van der Waals surface area contributed by atoms with Crippen molar-refractivity contribution in [2.24, 2.45) is 5.73 Å². The summed E-state index contributed by atoms with van der Waals surface area (Å²) in [5, 5.41) is 1.51. The number of morpholine rings is 1. The molecule has 0 radical (unpaired) electrons. The van der Waals surface area contributed by atoms with E-state index in [2.05, 4.69) is 20.9 Å². The molecule has 12 nitrogen and oxygen atoms in total. The number of nitrogens with zero attached hydrogens (tertiary/aromatic N) is 5. The highest BCUT2D eigenvalue weighted by molar-refractivity contribution is 6.35. The number of primary amides is 1. The summed E-state index contributed by atoms with van der Waals surface area (Å²) in [7, 11) is 0. The molecule has 4 heterocycles. The zero-order valence-electron chi connectivity index (χ0n) is 27.0. The Hall–Kier alpha value is -4.00. The molecule has 2 atom stereocenters. The third-order valence-electron chi connectivity index (χ3n) is 8.57. The van der Waals surface area contributed by atoms with Crippen LogP contribution in [0, 0.1) is 0 Å². The summed E-state index contributed by atoms with van der Waals surface area (Å²) in [6, 6.07) is 8.53. The first-order valence-corrected chi connectivity index (χ1v) is 16.4. The number of aromatic nitrogens is 2. The van der Waals surface area contributed by atoms with Gasteiger partial charge in [-0.05, 0) is 75.1 Å². The van der Waals surface area contributed by atoms with Gasteiger partial charge in [-0.25, -0.2) is 9.97 Å². The Kier molecular flexibility index (Phi) is 9.54. The Balaban J connectivity index is 1.05. The van der Waals surface area contributed by atoms with Crippen molar-refractivity contribution in [3.05, 3.63) is 58.2 Å². The number of nitrogens with two attached hydrogens (primary N) is 1. The van der Waals surface area contributed by atoms with Crippen molar-refractivity contribution in [3.8, 4) is 5.75 Å². The second kappa shape index (κ2) is 13.6. The highest BCUT2D eigenvalue weighted by atomic mass is 35.5. The molecule has 3 aliphatic heterocycles. The fourth-order valence-electron chi connectivity index (χ4n) is 6.39. The SMILES string of the molecule is CC(C)(C)OC(=O)CC[C@@H](C(N)=O)N1Cc2cc(O[C@H]3CCN(Cc4cc(Cl)c5nc(N6CCOCC6)ncc5c4)C3)ccc2C1=O. The summed E-state index contributed by atoms with van der Waals surface area (Å²) >= 11 is 6.70. The molecule has 2 saturated heterocycles. The molecule has 0 unspecified atom stereocenters. The molecular formula is C34H41ClN6O6. The Morgan fingerprint density at radius 3 is 2.68 bits per heavy atom. The number of rotatable bonds is 10. The monoisotopic (exact) mass is 664 g/mol. The number of benzene rings is 2. The van der Waals surface area contributed by atoms with E-state index in [1.165, 1.54) is 4.90 Å². The van der Waals surface area contributed by atoms with E-state index < -0.39 is 23.5 Å². The van der Waals surface area contributed by atoms with Crippen molar-refractivity contribution in [2.75, 3.05) is 44.3 Å². The maximum atomic E-state index is 13.2. The minimum absolute atomic E-state index is 0.0212. The first-order chi connectivity index (χ1) is 22.4. The third-order valence-corrected chi connectivity index (χ3v) is 8.86. The molecule has 2 N–H and O–H groups in total. The van der Waals surface area contributed by atoms with E-state index >= 15 is 0 Å². The van der Waals surface area contributed by atoms with E-state index in [0.29, 0.717) is 42.0 Å². The van der Waals surface area contributed by atoms with E-state index in [1.807, 2.05) is 18.3 Å². The number of likely N-dealkylation sites (tertiary alicyclic amines) is 1. The van der Waals surface area contributed by atoms with Gasteiger partial charge in [0, 0.05) is 62.8 Å². The number of esters is 1. The molecule has 250 valence electrons. The Morgan fingerprint density at radius 2 is 1.94 bits per heavy atom. The highest BCUT2D eigenvalue weighted by Crippen LogP contribution is 2.31. The number of amides is 2. The number of hydrogen-bond donors (Lipinski definition) is 1. The van der Waals surface area contributed by atoms with Crippen molar-refractivity contribution in [1.82, 2.24) is 19.8 Å². The van der Waals surface area contributed by atoms with Crippen LogP contribution in [0.25, 0.3) is 10.9 Å². The molecule has 3 aromatic rings. The van der Waals surface area contributed by atoms with Crippen LogP contribution in [-0.4, -0.2) is 94.7 Å². The molecule has 1 aromatic heterocycles. The van der Waals surface area contributed by atoms with Crippen LogP contribution >= 0.6 is 11.6 Å². The fraction of sp³-hybridized carbons (Fsp3) is 0.500. The number of hydrogen-bond acceptors (Lipinski definition) is 10. The van der Waals surface area contributed by atoms with Gasteiger partial charge in [0.2, 0.25) is 11.9 Å². The zero-order valence-corrected chi connectivity index (χ0v) is 27.8. The number of carbonyl (C=O) groups excluding carboxylic acids is 3. The van der Waals surface area contributed by atoms with Crippen LogP contribution < -0.4 is 15.4 Å². The number of carbonyl (C=O) groups is 3. The average molecular weight is 665 g/mol. The van der Waals surface area contributed by atoms with Gasteiger partial charge in [-0.1, -0.05) is 11.6 Å². The minimum atomic E-state index is -0.919. The van der Waals surface area contributed by atoms with Gasteiger partial charge in [-0.2, -0.15) is 0 Å². The van der Waals surface area contributed by atoms with Crippen molar-refractivity contribution in [3.63, 3.8) is 0 Å². The zero-order chi connectivity index (χ0) is 33.3. The van der Waals surface area contributed by atoms with Crippen LogP contribution in [0.15, 0.2) is 36.5 Å². The molecule has 3 aliphatic rings. The van der Waals surface area contributed by atoms with Gasteiger partial charge in [-0.3, -0.25) is 19.3 Å². The first-order valence-electron chi connectivity index (χ1n) is 16.1. The molecule has 2 aromatic carbocycles. The smallest absolute Gasteiger partial charge is 0.306 e. The quantitative estimate of drug-likeness (QED) is 0.319.